The zero-order chi connectivity index (χ0) is 19.9. The monoisotopic (exact) mass is 422 g/mol. The van der Waals surface area contributed by atoms with E-state index >= 15 is 0 Å². The molecule has 7 heteroatoms. The van der Waals surface area contributed by atoms with E-state index in [1.165, 1.54) is 6.07 Å². The Hall–Kier alpha value is -2.15. The Morgan fingerprint density at radius 3 is 2.38 bits per heavy atom. The van der Waals surface area contributed by atoms with Crippen LogP contribution >= 0.6 is 12.4 Å². The maximum atomic E-state index is 14.7. The number of halogens is 2. The highest BCUT2D eigenvalue weighted by Gasteiger charge is 2.25. The third-order valence-electron chi connectivity index (χ3n) is 5.05. The van der Waals surface area contributed by atoms with Crippen LogP contribution in [-0.2, 0) is 4.74 Å². The largest absolute Gasteiger partial charge is 0.497 e. The summed E-state index contributed by atoms with van der Waals surface area (Å²) in [6.45, 7) is 2.41. The molecule has 1 aliphatic rings. The number of nitrogens with zero attached hydrogens (tertiary/aromatic N) is 1. The first-order chi connectivity index (χ1) is 13.6. The predicted molar refractivity (Wildman–Crippen MR) is 114 cm³/mol. The number of methoxy groups -OCH3 is 1. The fraction of sp³-hybridized carbons (Fsp3) is 0.409. The number of likely N-dealkylation sites (tertiary alicyclic amines) is 1. The summed E-state index contributed by atoms with van der Waals surface area (Å²) in [6, 6.07) is 12.1. The average molecular weight is 423 g/mol. The minimum atomic E-state index is -0.500. The van der Waals surface area contributed by atoms with Gasteiger partial charge in [-0.2, -0.15) is 0 Å². The van der Waals surface area contributed by atoms with Gasteiger partial charge >= 0.3 is 0 Å². The second-order valence-corrected chi connectivity index (χ2v) is 6.93. The Kier molecular flexibility index (Phi) is 8.89. The van der Waals surface area contributed by atoms with Crippen LogP contribution in [0.5, 0.6) is 5.75 Å². The molecule has 0 saturated carbocycles. The highest BCUT2D eigenvalue weighted by molar-refractivity contribution is 5.95. The SMILES string of the molecule is COc1ccc(-c2ccc(C(=O)N3CCC(OCCCN)CC3)c(F)c2)cc1.Cl. The molecule has 2 aromatic carbocycles. The Bertz CT molecular complexity index is 793. The van der Waals surface area contributed by atoms with Crippen molar-refractivity contribution in [3.63, 3.8) is 0 Å². The van der Waals surface area contributed by atoms with Crippen LogP contribution in [0, 0.1) is 5.82 Å². The molecule has 29 heavy (non-hydrogen) atoms. The number of hydrogen-bond acceptors (Lipinski definition) is 4. The summed E-state index contributed by atoms with van der Waals surface area (Å²) < 4.78 is 25.6. The van der Waals surface area contributed by atoms with Crippen molar-refractivity contribution in [2.24, 2.45) is 5.73 Å². The van der Waals surface area contributed by atoms with Crippen molar-refractivity contribution in [3.05, 3.63) is 53.8 Å². The van der Waals surface area contributed by atoms with Crippen LogP contribution in [0.3, 0.4) is 0 Å². The van der Waals surface area contributed by atoms with Crippen molar-refractivity contribution in [2.45, 2.75) is 25.4 Å². The molecule has 0 radical (unpaired) electrons. The normalized spacial score (nSPS) is 14.4. The van der Waals surface area contributed by atoms with Gasteiger partial charge in [0.05, 0.1) is 18.8 Å². The summed E-state index contributed by atoms with van der Waals surface area (Å²) in [7, 11) is 1.60. The molecule has 158 valence electrons. The van der Waals surface area contributed by atoms with E-state index < -0.39 is 5.82 Å². The number of ether oxygens (including phenoxy) is 2. The lowest BCUT2D eigenvalue weighted by atomic mass is 10.0. The van der Waals surface area contributed by atoms with E-state index in [9.17, 15) is 9.18 Å². The van der Waals surface area contributed by atoms with E-state index in [1.807, 2.05) is 24.3 Å². The first kappa shape index (κ1) is 23.1. The van der Waals surface area contributed by atoms with Crippen LogP contribution in [0.25, 0.3) is 11.1 Å². The van der Waals surface area contributed by atoms with Crippen LogP contribution in [0.2, 0.25) is 0 Å². The lowest BCUT2D eigenvalue weighted by molar-refractivity contribution is 0.00834. The lowest BCUT2D eigenvalue weighted by Crippen LogP contribution is -2.41. The number of piperidine rings is 1. The second-order valence-electron chi connectivity index (χ2n) is 6.93. The third kappa shape index (κ3) is 5.92. The molecule has 0 aromatic heterocycles. The average Bonchev–Trinajstić information content (AvgIpc) is 2.74. The molecule has 2 N–H and O–H groups in total. The molecule has 1 aliphatic heterocycles. The van der Waals surface area contributed by atoms with E-state index in [0.29, 0.717) is 26.2 Å². The van der Waals surface area contributed by atoms with Gasteiger partial charge in [0.15, 0.2) is 0 Å². The zero-order valence-electron chi connectivity index (χ0n) is 16.6. The molecule has 1 saturated heterocycles. The fourth-order valence-corrected chi connectivity index (χ4v) is 3.38. The third-order valence-corrected chi connectivity index (χ3v) is 5.05. The standard InChI is InChI=1S/C22H27FN2O3.ClH/c1-27-18-6-3-16(4-7-18)17-5-8-20(21(23)15-17)22(26)25-12-9-19(10-13-25)28-14-2-11-24;/h3-8,15,19H,2,9-14,24H2,1H3;1H. The summed E-state index contributed by atoms with van der Waals surface area (Å²) in [5.41, 5.74) is 7.18. The van der Waals surface area contributed by atoms with E-state index in [-0.39, 0.29) is 30.0 Å². The first-order valence-electron chi connectivity index (χ1n) is 9.67. The number of carbonyl (C=O) groups excluding carboxylic acids is 1. The summed E-state index contributed by atoms with van der Waals surface area (Å²) in [6.07, 6.45) is 2.52. The highest BCUT2D eigenvalue weighted by atomic mass is 35.5. The van der Waals surface area contributed by atoms with Gasteiger partial charge in [0.1, 0.15) is 11.6 Å². The van der Waals surface area contributed by atoms with Gasteiger partial charge in [-0.3, -0.25) is 4.79 Å². The van der Waals surface area contributed by atoms with Gasteiger partial charge in [0, 0.05) is 19.7 Å². The summed E-state index contributed by atoms with van der Waals surface area (Å²) in [4.78, 5) is 14.4. The van der Waals surface area contributed by atoms with Crippen molar-refractivity contribution in [3.8, 4) is 16.9 Å². The molecule has 3 rings (SSSR count). The van der Waals surface area contributed by atoms with Crippen LogP contribution in [0.1, 0.15) is 29.6 Å². The van der Waals surface area contributed by atoms with Gasteiger partial charge in [0.2, 0.25) is 0 Å². The van der Waals surface area contributed by atoms with Gasteiger partial charge < -0.3 is 20.1 Å². The molecule has 1 fully saturated rings. The van der Waals surface area contributed by atoms with Crippen molar-refractivity contribution in [1.29, 1.82) is 0 Å². The van der Waals surface area contributed by atoms with Crippen LogP contribution in [-0.4, -0.2) is 50.3 Å². The van der Waals surface area contributed by atoms with Crippen LogP contribution in [0.4, 0.5) is 4.39 Å². The Morgan fingerprint density at radius 1 is 1.14 bits per heavy atom. The van der Waals surface area contributed by atoms with Gasteiger partial charge in [-0.05, 0) is 61.2 Å². The number of benzene rings is 2. The Morgan fingerprint density at radius 2 is 1.79 bits per heavy atom. The van der Waals surface area contributed by atoms with Crippen molar-refractivity contribution in [2.75, 3.05) is 33.4 Å². The quantitative estimate of drug-likeness (QED) is 0.687. The van der Waals surface area contributed by atoms with Crippen molar-refractivity contribution < 1.29 is 18.7 Å². The Balaban J connectivity index is 0.00000300. The van der Waals surface area contributed by atoms with Gasteiger partial charge in [-0.15, -0.1) is 12.4 Å². The smallest absolute Gasteiger partial charge is 0.256 e. The maximum Gasteiger partial charge on any atom is 0.256 e. The topological polar surface area (TPSA) is 64.8 Å². The van der Waals surface area contributed by atoms with Crippen LogP contribution < -0.4 is 10.5 Å². The molecule has 2 aromatic rings. The van der Waals surface area contributed by atoms with Crippen molar-refractivity contribution >= 4 is 18.3 Å². The maximum absolute atomic E-state index is 14.7. The first-order valence-corrected chi connectivity index (χ1v) is 9.67. The number of hydrogen-bond donors (Lipinski definition) is 1. The number of amides is 1. The summed E-state index contributed by atoms with van der Waals surface area (Å²) in [5.74, 6) is -0.0229. The van der Waals surface area contributed by atoms with Gasteiger partial charge in [-0.25, -0.2) is 4.39 Å². The zero-order valence-corrected chi connectivity index (χ0v) is 17.4. The minimum absolute atomic E-state index is 0. The molecular formula is C22H28ClFN2O3. The number of carbonyl (C=O) groups is 1. The van der Waals surface area contributed by atoms with Gasteiger partial charge in [-0.1, -0.05) is 18.2 Å². The van der Waals surface area contributed by atoms with Crippen molar-refractivity contribution in [1.82, 2.24) is 4.90 Å². The molecule has 0 unspecified atom stereocenters. The molecule has 0 bridgehead atoms. The highest BCUT2D eigenvalue weighted by Crippen LogP contribution is 2.25. The molecule has 0 aliphatic carbocycles. The number of rotatable bonds is 7. The molecule has 5 nitrogen and oxygen atoms in total. The van der Waals surface area contributed by atoms with E-state index in [1.54, 1.807) is 24.1 Å². The minimum Gasteiger partial charge on any atom is -0.497 e. The summed E-state index contributed by atoms with van der Waals surface area (Å²) in [5, 5.41) is 0. The molecule has 1 amide bonds. The molecule has 0 spiro atoms. The van der Waals surface area contributed by atoms with E-state index in [2.05, 4.69) is 0 Å². The van der Waals surface area contributed by atoms with Gasteiger partial charge in [0.25, 0.3) is 5.91 Å². The summed E-state index contributed by atoms with van der Waals surface area (Å²) >= 11 is 0. The molecule has 1 heterocycles. The van der Waals surface area contributed by atoms with E-state index in [4.69, 9.17) is 15.2 Å². The Labute approximate surface area is 177 Å². The number of nitrogens with two attached hydrogens (primary N) is 1. The predicted octanol–water partition coefficient (Wildman–Crippen LogP) is 3.89. The second kappa shape index (κ2) is 11.1. The van der Waals surface area contributed by atoms with Crippen LogP contribution in [0.15, 0.2) is 42.5 Å². The fourth-order valence-electron chi connectivity index (χ4n) is 3.38. The molecule has 0 atom stereocenters. The lowest BCUT2D eigenvalue weighted by Gasteiger charge is -2.32. The molecular weight excluding hydrogens is 395 g/mol. The van der Waals surface area contributed by atoms with E-state index in [0.717, 1.165) is 36.1 Å².